The summed E-state index contributed by atoms with van der Waals surface area (Å²) in [6.45, 7) is 0. The maximum atomic E-state index is 5.14. The zero-order valence-corrected chi connectivity index (χ0v) is 8.87. The predicted octanol–water partition coefficient (Wildman–Crippen LogP) is 1.75. The molecule has 0 aliphatic carbocycles. The monoisotopic (exact) mass is 212 g/mol. The Hall–Kier alpha value is -0.880. The molecule has 1 N–H and O–H groups in total. The zero-order chi connectivity index (χ0) is 9.42. The maximum Gasteiger partial charge on any atom is 0.168 e. The number of aromatic nitrogens is 4. The number of nitrogens with zero attached hydrogens (tertiary/aromatic N) is 3. The number of thioether (sulfide) groups is 1. The molecule has 0 amide bonds. The summed E-state index contributed by atoms with van der Waals surface area (Å²) < 4.78 is 2.46. The van der Waals surface area contributed by atoms with Crippen LogP contribution in [0, 0.1) is 4.64 Å². The van der Waals surface area contributed by atoms with E-state index in [1.165, 1.54) is 11.8 Å². The van der Waals surface area contributed by atoms with E-state index in [0.717, 1.165) is 16.3 Å². The Morgan fingerprint density at radius 2 is 2.38 bits per heavy atom. The highest BCUT2D eigenvalue weighted by atomic mass is 32.2. The van der Waals surface area contributed by atoms with E-state index < -0.39 is 0 Å². The Bertz CT molecular complexity index is 499. The molecule has 13 heavy (non-hydrogen) atoms. The summed E-state index contributed by atoms with van der Waals surface area (Å²) in [4.78, 5) is 11.5. The van der Waals surface area contributed by atoms with E-state index in [9.17, 15) is 0 Å². The number of rotatable bonds is 1. The van der Waals surface area contributed by atoms with Crippen LogP contribution >= 0.6 is 24.0 Å². The zero-order valence-electron chi connectivity index (χ0n) is 7.24. The Balaban J connectivity index is 2.87. The van der Waals surface area contributed by atoms with E-state index in [4.69, 9.17) is 12.2 Å². The first kappa shape index (κ1) is 8.71. The molecule has 0 aliphatic rings. The van der Waals surface area contributed by atoms with Crippen molar-refractivity contribution < 1.29 is 0 Å². The number of imidazole rings is 1. The molecule has 2 aromatic heterocycles. The molecule has 0 unspecified atom stereocenters. The predicted molar refractivity (Wildman–Crippen MR) is 55.5 cm³/mol. The van der Waals surface area contributed by atoms with Gasteiger partial charge in [0.1, 0.15) is 5.52 Å². The molecular formula is C7H8N4S2. The molecule has 2 heterocycles. The van der Waals surface area contributed by atoms with Gasteiger partial charge in [-0.25, -0.2) is 9.97 Å². The van der Waals surface area contributed by atoms with Crippen LogP contribution in [0.1, 0.15) is 0 Å². The van der Waals surface area contributed by atoms with Crippen molar-refractivity contribution in [3.8, 4) is 0 Å². The van der Waals surface area contributed by atoms with Crippen LogP contribution in [0.5, 0.6) is 0 Å². The van der Waals surface area contributed by atoms with Gasteiger partial charge in [0, 0.05) is 7.05 Å². The molecule has 0 fully saturated rings. The quantitative estimate of drug-likeness (QED) is 0.444. The number of hydrogen-bond donors (Lipinski definition) is 1. The van der Waals surface area contributed by atoms with Gasteiger partial charge in [-0.05, 0) is 6.26 Å². The van der Waals surface area contributed by atoms with Gasteiger partial charge < -0.3 is 9.55 Å². The van der Waals surface area contributed by atoms with Crippen molar-refractivity contribution in [3.63, 3.8) is 0 Å². The summed E-state index contributed by atoms with van der Waals surface area (Å²) >= 11 is 6.67. The average molecular weight is 212 g/mol. The molecule has 0 atom stereocenters. The fraction of sp³-hybridized carbons (Fsp3) is 0.286. The standard InChI is InChI=1S/C7H8N4S2/c1-11-3-8-5-4(11)6(12)10-7(9-5)13-2/h3H,1-2H3,(H,9,10,12). The third kappa shape index (κ3) is 1.36. The summed E-state index contributed by atoms with van der Waals surface area (Å²) in [5.41, 5.74) is 1.68. The maximum absolute atomic E-state index is 5.14. The van der Waals surface area contributed by atoms with E-state index in [-0.39, 0.29) is 0 Å². The fourth-order valence-corrected chi connectivity index (χ4v) is 1.92. The van der Waals surface area contributed by atoms with Crippen LogP contribution in [0.2, 0.25) is 0 Å². The van der Waals surface area contributed by atoms with Crippen LogP contribution in [-0.4, -0.2) is 25.8 Å². The molecule has 2 aromatic rings. The molecule has 0 spiro atoms. The second-order valence-corrected chi connectivity index (χ2v) is 3.79. The smallest absolute Gasteiger partial charge is 0.168 e. The minimum Gasteiger partial charge on any atom is -0.330 e. The molecular weight excluding hydrogens is 204 g/mol. The Morgan fingerprint density at radius 1 is 1.62 bits per heavy atom. The largest absolute Gasteiger partial charge is 0.330 e. The van der Waals surface area contributed by atoms with Crippen LogP contribution in [0.15, 0.2) is 11.5 Å². The first-order valence-electron chi connectivity index (χ1n) is 3.67. The van der Waals surface area contributed by atoms with E-state index >= 15 is 0 Å². The van der Waals surface area contributed by atoms with Gasteiger partial charge in [0.05, 0.1) is 6.33 Å². The normalized spacial score (nSPS) is 10.9. The lowest BCUT2D eigenvalue weighted by molar-refractivity contribution is 0.931. The molecule has 0 saturated heterocycles. The number of hydrogen-bond acceptors (Lipinski definition) is 4. The fourth-order valence-electron chi connectivity index (χ4n) is 1.14. The number of aryl methyl sites for hydroxylation is 1. The summed E-state index contributed by atoms with van der Waals surface area (Å²) in [7, 11) is 1.90. The molecule has 0 radical (unpaired) electrons. The van der Waals surface area contributed by atoms with Gasteiger partial charge in [-0.15, -0.1) is 0 Å². The van der Waals surface area contributed by atoms with Crippen LogP contribution in [0.25, 0.3) is 11.2 Å². The molecule has 0 saturated carbocycles. The van der Waals surface area contributed by atoms with E-state index in [1.54, 1.807) is 6.33 Å². The average Bonchev–Trinajstić information content (AvgIpc) is 2.48. The molecule has 0 aromatic carbocycles. The van der Waals surface area contributed by atoms with Gasteiger partial charge in [-0.1, -0.05) is 24.0 Å². The van der Waals surface area contributed by atoms with Crippen molar-refractivity contribution in [2.75, 3.05) is 6.26 Å². The van der Waals surface area contributed by atoms with Gasteiger partial charge in [-0.2, -0.15) is 0 Å². The second kappa shape index (κ2) is 3.12. The molecule has 6 heteroatoms. The highest BCUT2D eigenvalue weighted by Crippen LogP contribution is 2.14. The number of aromatic amines is 1. The van der Waals surface area contributed by atoms with Gasteiger partial charge >= 0.3 is 0 Å². The van der Waals surface area contributed by atoms with E-state index in [1.807, 2.05) is 17.9 Å². The van der Waals surface area contributed by atoms with Gasteiger partial charge in [0.15, 0.2) is 15.4 Å². The van der Waals surface area contributed by atoms with Crippen molar-refractivity contribution in [1.82, 2.24) is 19.5 Å². The van der Waals surface area contributed by atoms with Crippen LogP contribution in [0.4, 0.5) is 0 Å². The summed E-state index contributed by atoms with van der Waals surface area (Å²) in [5, 5.41) is 0.802. The van der Waals surface area contributed by atoms with E-state index in [2.05, 4.69) is 15.0 Å². The Morgan fingerprint density at radius 3 is 3.08 bits per heavy atom. The number of H-pyrrole nitrogens is 1. The molecule has 0 aliphatic heterocycles. The number of nitrogens with one attached hydrogen (secondary N) is 1. The number of fused-ring (bicyclic) bond motifs is 1. The first-order chi connectivity index (χ1) is 6.22. The van der Waals surface area contributed by atoms with Crippen molar-refractivity contribution in [1.29, 1.82) is 0 Å². The van der Waals surface area contributed by atoms with Gasteiger partial charge in [-0.3, -0.25) is 0 Å². The molecule has 2 rings (SSSR count). The highest BCUT2D eigenvalue weighted by molar-refractivity contribution is 7.98. The minimum absolute atomic E-state index is 0.595. The van der Waals surface area contributed by atoms with E-state index in [0.29, 0.717) is 4.64 Å². The van der Waals surface area contributed by atoms with Crippen LogP contribution in [-0.2, 0) is 7.05 Å². The van der Waals surface area contributed by atoms with Crippen molar-refractivity contribution in [2.45, 2.75) is 5.16 Å². The summed E-state index contributed by atoms with van der Waals surface area (Å²) in [5.74, 6) is 0. The third-order valence-corrected chi connectivity index (χ3v) is 2.63. The lowest BCUT2D eigenvalue weighted by Gasteiger charge is -1.97. The topological polar surface area (TPSA) is 46.5 Å². The SMILES string of the molecule is CSc1nc(=S)c2c(ncn2C)[nH]1. The van der Waals surface area contributed by atoms with Crippen molar-refractivity contribution >= 4 is 35.1 Å². The van der Waals surface area contributed by atoms with Crippen molar-refractivity contribution in [2.24, 2.45) is 7.05 Å². The third-order valence-electron chi connectivity index (χ3n) is 1.76. The lowest BCUT2D eigenvalue weighted by atomic mass is 10.5. The van der Waals surface area contributed by atoms with Crippen LogP contribution in [0.3, 0.4) is 0 Å². The Kier molecular flexibility index (Phi) is 2.09. The van der Waals surface area contributed by atoms with Crippen molar-refractivity contribution in [3.05, 3.63) is 11.0 Å². The Labute approximate surface area is 84.4 Å². The molecule has 68 valence electrons. The van der Waals surface area contributed by atoms with Gasteiger partial charge in [0.2, 0.25) is 0 Å². The lowest BCUT2D eigenvalue weighted by Crippen LogP contribution is -1.91. The second-order valence-electron chi connectivity index (χ2n) is 2.60. The highest BCUT2D eigenvalue weighted by Gasteiger charge is 2.04. The van der Waals surface area contributed by atoms with Crippen LogP contribution < -0.4 is 0 Å². The molecule has 4 nitrogen and oxygen atoms in total. The summed E-state index contributed by atoms with van der Waals surface area (Å²) in [6.07, 6.45) is 3.67. The first-order valence-corrected chi connectivity index (χ1v) is 5.31. The minimum atomic E-state index is 0.595. The summed E-state index contributed by atoms with van der Waals surface area (Å²) in [6, 6.07) is 0. The van der Waals surface area contributed by atoms with Gasteiger partial charge in [0.25, 0.3) is 0 Å². The molecule has 0 bridgehead atoms.